The monoisotopic (exact) mass is 466 g/mol. The molecular weight excluding hydrogens is 444 g/mol. The summed E-state index contributed by atoms with van der Waals surface area (Å²) in [7, 11) is -1.67. The third-order valence-electron chi connectivity index (χ3n) is 4.84. The van der Waals surface area contributed by atoms with Crippen LogP contribution in [-0.4, -0.2) is 51.0 Å². The molecular formula is C21H23ClN2O6S. The molecule has 0 spiro atoms. The van der Waals surface area contributed by atoms with Crippen LogP contribution in [0, 0.1) is 0 Å². The normalized spacial score (nSPS) is 19.5. The highest BCUT2D eigenvalue weighted by Gasteiger charge is 2.39. The third-order valence-corrected chi connectivity index (χ3v) is 7.04. The molecule has 1 aliphatic heterocycles. The van der Waals surface area contributed by atoms with Crippen molar-refractivity contribution < 1.29 is 27.5 Å². The zero-order valence-electron chi connectivity index (χ0n) is 17.1. The topological polar surface area (TPSA) is 111 Å². The summed E-state index contributed by atoms with van der Waals surface area (Å²) in [5.74, 6) is -0.270. The van der Waals surface area contributed by atoms with Gasteiger partial charge in [0.2, 0.25) is 0 Å². The molecule has 0 radical (unpaired) electrons. The van der Waals surface area contributed by atoms with Gasteiger partial charge in [-0.3, -0.25) is 9.59 Å². The SMILES string of the molecule is COc1ccc(NC(=O)COc2ccccc2C(=O)NC2(C)CCS(=O)(=O)C2)cc1Cl. The molecule has 1 fully saturated rings. The number of anilines is 1. The number of halogens is 1. The second-order valence-electron chi connectivity index (χ2n) is 7.54. The second-order valence-corrected chi connectivity index (χ2v) is 10.1. The van der Waals surface area contributed by atoms with Crippen LogP contribution >= 0.6 is 11.6 Å². The van der Waals surface area contributed by atoms with Crippen molar-refractivity contribution in [2.75, 3.05) is 30.5 Å². The maximum absolute atomic E-state index is 12.8. The lowest BCUT2D eigenvalue weighted by molar-refractivity contribution is -0.118. The molecule has 31 heavy (non-hydrogen) atoms. The van der Waals surface area contributed by atoms with Gasteiger partial charge in [0.25, 0.3) is 11.8 Å². The first-order valence-electron chi connectivity index (χ1n) is 9.49. The predicted molar refractivity (Wildman–Crippen MR) is 118 cm³/mol. The maximum Gasteiger partial charge on any atom is 0.262 e. The summed E-state index contributed by atoms with van der Waals surface area (Å²) < 4.78 is 34.2. The molecule has 1 aliphatic rings. The van der Waals surface area contributed by atoms with E-state index in [1.165, 1.54) is 7.11 Å². The molecule has 2 aromatic carbocycles. The van der Waals surface area contributed by atoms with Crippen LogP contribution in [0.3, 0.4) is 0 Å². The molecule has 166 valence electrons. The molecule has 1 atom stereocenters. The number of amides is 2. The van der Waals surface area contributed by atoms with E-state index in [1.807, 2.05) is 0 Å². The van der Waals surface area contributed by atoms with E-state index in [2.05, 4.69) is 10.6 Å². The van der Waals surface area contributed by atoms with E-state index >= 15 is 0 Å². The predicted octanol–water partition coefficient (Wildman–Crippen LogP) is 2.67. The van der Waals surface area contributed by atoms with Crippen molar-refractivity contribution in [3.63, 3.8) is 0 Å². The van der Waals surface area contributed by atoms with Gasteiger partial charge in [-0.15, -0.1) is 0 Å². The van der Waals surface area contributed by atoms with Gasteiger partial charge in [-0.1, -0.05) is 23.7 Å². The first-order chi connectivity index (χ1) is 14.6. The van der Waals surface area contributed by atoms with Crippen molar-refractivity contribution in [1.82, 2.24) is 5.32 Å². The van der Waals surface area contributed by atoms with Crippen molar-refractivity contribution >= 4 is 38.9 Å². The molecule has 0 aromatic heterocycles. The van der Waals surface area contributed by atoms with E-state index in [0.29, 0.717) is 22.9 Å². The van der Waals surface area contributed by atoms with E-state index in [0.717, 1.165) is 0 Å². The molecule has 1 saturated heterocycles. The van der Waals surface area contributed by atoms with Crippen LogP contribution in [-0.2, 0) is 14.6 Å². The van der Waals surface area contributed by atoms with Gasteiger partial charge in [-0.25, -0.2) is 8.42 Å². The Morgan fingerprint density at radius 1 is 1.16 bits per heavy atom. The van der Waals surface area contributed by atoms with Gasteiger partial charge in [-0.05, 0) is 43.7 Å². The number of benzene rings is 2. The molecule has 8 nitrogen and oxygen atoms in total. The van der Waals surface area contributed by atoms with Crippen LogP contribution in [0.2, 0.25) is 5.02 Å². The van der Waals surface area contributed by atoms with E-state index in [-0.39, 0.29) is 29.4 Å². The number of carbonyl (C=O) groups excluding carboxylic acids is 2. The fraction of sp³-hybridized carbons (Fsp3) is 0.333. The fourth-order valence-corrected chi connectivity index (χ4v) is 5.67. The first-order valence-corrected chi connectivity index (χ1v) is 11.7. The minimum Gasteiger partial charge on any atom is -0.495 e. The summed E-state index contributed by atoms with van der Waals surface area (Å²) in [5.41, 5.74) is -0.150. The Morgan fingerprint density at radius 2 is 1.90 bits per heavy atom. The number of carbonyl (C=O) groups is 2. The van der Waals surface area contributed by atoms with Gasteiger partial charge < -0.3 is 20.1 Å². The minimum atomic E-state index is -3.17. The van der Waals surface area contributed by atoms with Crippen molar-refractivity contribution in [1.29, 1.82) is 0 Å². The number of para-hydroxylation sites is 1. The van der Waals surface area contributed by atoms with Gasteiger partial charge in [0.1, 0.15) is 11.5 Å². The summed E-state index contributed by atoms with van der Waals surface area (Å²) in [6, 6.07) is 11.3. The molecule has 2 amide bonds. The van der Waals surface area contributed by atoms with Gasteiger partial charge in [0.05, 0.1) is 34.7 Å². The van der Waals surface area contributed by atoms with Crippen LogP contribution in [0.5, 0.6) is 11.5 Å². The number of hydrogen-bond donors (Lipinski definition) is 2. The first kappa shape index (κ1) is 22.9. The number of rotatable bonds is 7. The van der Waals surface area contributed by atoms with Gasteiger partial charge in [0, 0.05) is 5.69 Å². The Kier molecular flexibility index (Phi) is 6.76. The maximum atomic E-state index is 12.8. The Bertz CT molecular complexity index is 1100. The Balaban J connectivity index is 1.63. The van der Waals surface area contributed by atoms with Crippen molar-refractivity contribution in [2.24, 2.45) is 0 Å². The van der Waals surface area contributed by atoms with Crippen molar-refractivity contribution in [3.8, 4) is 11.5 Å². The Hall–Kier alpha value is -2.78. The summed E-state index contributed by atoms with van der Waals surface area (Å²) in [6.45, 7) is 1.37. The number of hydrogen-bond acceptors (Lipinski definition) is 6. The Morgan fingerprint density at radius 3 is 2.55 bits per heavy atom. The molecule has 0 saturated carbocycles. The molecule has 2 N–H and O–H groups in total. The van der Waals surface area contributed by atoms with E-state index < -0.39 is 27.2 Å². The minimum absolute atomic E-state index is 0.0392. The number of nitrogens with one attached hydrogen (secondary N) is 2. The standard InChI is InChI=1S/C21H23ClN2O6S/c1-21(9-10-31(27,28)13-21)24-20(26)15-5-3-4-6-17(15)30-12-19(25)23-14-7-8-18(29-2)16(22)11-14/h3-8,11H,9-10,12-13H2,1-2H3,(H,23,25)(H,24,26). The van der Waals surface area contributed by atoms with Crippen LogP contribution < -0.4 is 20.1 Å². The van der Waals surface area contributed by atoms with Crippen molar-refractivity contribution in [3.05, 3.63) is 53.1 Å². The van der Waals surface area contributed by atoms with Gasteiger partial charge >= 0.3 is 0 Å². The zero-order valence-corrected chi connectivity index (χ0v) is 18.7. The molecule has 1 heterocycles. The van der Waals surface area contributed by atoms with Crippen molar-refractivity contribution in [2.45, 2.75) is 18.9 Å². The molecule has 3 rings (SSSR count). The summed E-state index contributed by atoms with van der Waals surface area (Å²) in [5, 5.41) is 5.79. The average molecular weight is 467 g/mol. The number of ether oxygens (including phenoxy) is 2. The van der Waals surface area contributed by atoms with E-state index in [4.69, 9.17) is 21.1 Å². The number of sulfone groups is 1. The quantitative estimate of drug-likeness (QED) is 0.649. The highest BCUT2D eigenvalue weighted by molar-refractivity contribution is 7.91. The lowest BCUT2D eigenvalue weighted by Gasteiger charge is -2.24. The van der Waals surface area contributed by atoms with Crippen LogP contribution in [0.4, 0.5) is 5.69 Å². The average Bonchev–Trinajstić information content (AvgIpc) is 2.99. The smallest absolute Gasteiger partial charge is 0.262 e. The van der Waals surface area contributed by atoms with E-state index in [9.17, 15) is 18.0 Å². The molecule has 2 aromatic rings. The Labute approximate surface area is 185 Å². The second kappa shape index (κ2) is 9.15. The highest BCUT2D eigenvalue weighted by Crippen LogP contribution is 2.27. The third kappa shape index (κ3) is 5.89. The largest absolute Gasteiger partial charge is 0.495 e. The zero-order chi connectivity index (χ0) is 22.6. The molecule has 1 unspecified atom stereocenters. The fourth-order valence-electron chi connectivity index (χ4n) is 3.32. The lowest BCUT2D eigenvalue weighted by Crippen LogP contribution is -2.47. The summed E-state index contributed by atoms with van der Waals surface area (Å²) in [4.78, 5) is 25.0. The van der Waals surface area contributed by atoms with Gasteiger partial charge in [0.15, 0.2) is 16.4 Å². The molecule has 0 bridgehead atoms. The van der Waals surface area contributed by atoms with Crippen LogP contribution in [0.15, 0.2) is 42.5 Å². The summed E-state index contributed by atoms with van der Waals surface area (Å²) in [6.07, 6.45) is 0.344. The summed E-state index contributed by atoms with van der Waals surface area (Å²) >= 11 is 6.05. The number of methoxy groups -OCH3 is 1. The molecule has 0 aliphatic carbocycles. The lowest BCUT2D eigenvalue weighted by atomic mass is 10.0. The molecule has 10 heteroatoms. The highest BCUT2D eigenvalue weighted by atomic mass is 35.5. The van der Waals surface area contributed by atoms with Crippen LogP contribution in [0.1, 0.15) is 23.7 Å². The van der Waals surface area contributed by atoms with Crippen LogP contribution in [0.25, 0.3) is 0 Å². The van der Waals surface area contributed by atoms with Gasteiger partial charge in [-0.2, -0.15) is 0 Å². The van der Waals surface area contributed by atoms with E-state index in [1.54, 1.807) is 49.4 Å².